The molecule has 1 fully saturated rings. The molecule has 0 aromatic carbocycles. The van der Waals surface area contributed by atoms with E-state index in [1.54, 1.807) is 14.0 Å². The summed E-state index contributed by atoms with van der Waals surface area (Å²) in [6.45, 7) is 4.00. The van der Waals surface area contributed by atoms with Crippen LogP contribution in [0, 0.1) is 5.41 Å². The number of hydrogen-bond acceptors (Lipinski definition) is 3. The number of nitrogens with one attached hydrogen (secondary N) is 1. The van der Waals surface area contributed by atoms with Gasteiger partial charge in [-0.2, -0.15) is 0 Å². The minimum atomic E-state index is -0.721. The number of carbonyl (C=O) groups is 2. The van der Waals surface area contributed by atoms with Crippen molar-refractivity contribution in [3.05, 3.63) is 0 Å². The average Bonchev–Trinajstić information content (AvgIpc) is 2.61. The molecule has 1 amide bonds. The lowest BCUT2D eigenvalue weighted by Crippen LogP contribution is -2.32. The molecule has 0 aromatic heterocycles. The zero-order valence-electron chi connectivity index (χ0n) is 9.95. The number of carbonyl (C=O) groups excluding carboxylic acids is 1. The Morgan fingerprint density at radius 1 is 1.50 bits per heavy atom. The lowest BCUT2D eigenvalue weighted by molar-refractivity contribution is -0.147. The number of rotatable bonds is 5. The van der Waals surface area contributed by atoms with Crippen molar-refractivity contribution < 1.29 is 14.7 Å². The maximum atomic E-state index is 11.0. The smallest absolute Gasteiger partial charge is 0.310 e. The van der Waals surface area contributed by atoms with Crippen molar-refractivity contribution in [2.75, 3.05) is 26.7 Å². The Bertz CT molecular complexity index is 280. The van der Waals surface area contributed by atoms with Crippen LogP contribution in [0.4, 0.5) is 0 Å². The first kappa shape index (κ1) is 13.0. The Kier molecular flexibility index (Phi) is 4.29. The minimum Gasteiger partial charge on any atom is -0.481 e. The molecule has 16 heavy (non-hydrogen) atoms. The first-order valence-corrected chi connectivity index (χ1v) is 5.64. The van der Waals surface area contributed by atoms with E-state index in [-0.39, 0.29) is 5.91 Å². The van der Waals surface area contributed by atoms with Gasteiger partial charge in [-0.15, -0.1) is 0 Å². The van der Waals surface area contributed by atoms with Crippen LogP contribution in [0.3, 0.4) is 0 Å². The van der Waals surface area contributed by atoms with E-state index in [4.69, 9.17) is 5.11 Å². The lowest BCUT2D eigenvalue weighted by atomic mass is 9.90. The molecular weight excluding hydrogens is 208 g/mol. The maximum absolute atomic E-state index is 11.0. The average molecular weight is 228 g/mol. The van der Waals surface area contributed by atoms with E-state index >= 15 is 0 Å². The summed E-state index contributed by atoms with van der Waals surface area (Å²) < 4.78 is 0. The van der Waals surface area contributed by atoms with Gasteiger partial charge in [0.1, 0.15) is 0 Å². The van der Waals surface area contributed by atoms with Gasteiger partial charge in [0.15, 0.2) is 0 Å². The molecule has 1 aliphatic rings. The van der Waals surface area contributed by atoms with Crippen LogP contribution >= 0.6 is 0 Å². The van der Waals surface area contributed by atoms with Crippen LogP contribution in [-0.2, 0) is 9.59 Å². The maximum Gasteiger partial charge on any atom is 0.310 e. The van der Waals surface area contributed by atoms with Crippen molar-refractivity contribution in [2.45, 2.75) is 26.2 Å². The summed E-state index contributed by atoms with van der Waals surface area (Å²) in [4.78, 5) is 24.1. The van der Waals surface area contributed by atoms with Crippen molar-refractivity contribution in [3.63, 3.8) is 0 Å². The summed E-state index contributed by atoms with van der Waals surface area (Å²) in [6.07, 6.45) is 1.99. The van der Waals surface area contributed by atoms with Gasteiger partial charge in [0.2, 0.25) is 5.91 Å². The van der Waals surface area contributed by atoms with Gasteiger partial charge in [-0.1, -0.05) is 0 Å². The molecule has 1 aliphatic heterocycles. The number of amides is 1. The first-order valence-electron chi connectivity index (χ1n) is 5.64. The van der Waals surface area contributed by atoms with E-state index in [1.165, 1.54) is 0 Å². The molecule has 2 N–H and O–H groups in total. The fraction of sp³-hybridized carbons (Fsp3) is 0.818. The summed E-state index contributed by atoms with van der Waals surface area (Å²) in [7, 11) is 1.62. The quantitative estimate of drug-likeness (QED) is 0.710. The van der Waals surface area contributed by atoms with Crippen LogP contribution in [0.1, 0.15) is 26.2 Å². The van der Waals surface area contributed by atoms with Crippen LogP contribution in [0.2, 0.25) is 0 Å². The van der Waals surface area contributed by atoms with Gasteiger partial charge in [0, 0.05) is 20.0 Å². The number of carboxylic acid groups (broad SMARTS) is 1. The Labute approximate surface area is 95.8 Å². The van der Waals surface area contributed by atoms with Crippen molar-refractivity contribution in [1.82, 2.24) is 10.2 Å². The van der Waals surface area contributed by atoms with E-state index in [0.717, 1.165) is 19.5 Å². The molecular formula is C11H20N2O3. The highest BCUT2D eigenvalue weighted by Crippen LogP contribution is 2.29. The fourth-order valence-corrected chi connectivity index (χ4v) is 2.01. The molecule has 0 radical (unpaired) electrons. The summed E-state index contributed by atoms with van der Waals surface area (Å²) in [5.41, 5.74) is -0.604. The highest BCUT2D eigenvalue weighted by molar-refractivity contribution is 5.75. The molecule has 1 heterocycles. The summed E-state index contributed by atoms with van der Waals surface area (Å²) in [6, 6.07) is 0. The van der Waals surface area contributed by atoms with Gasteiger partial charge in [-0.3, -0.25) is 9.59 Å². The molecule has 0 bridgehead atoms. The van der Waals surface area contributed by atoms with E-state index in [0.29, 0.717) is 19.4 Å². The molecule has 1 atom stereocenters. The number of aliphatic carboxylic acids is 1. The lowest BCUT2D eigenvalue weighted by Gasteiger charge is -2.19. The van der Waals surface area contributed by atoms with Crippen molar-refractivity contribution in [2.24, 2.45) is 5.41 Å². The van der Waals surface area contributed by atoms with Crippen molar-refractivity contribution in [3.8, 4) is 0 Å². The van der Waals surface area contributed by atoms with Crippen LogP contribution in [0.15, 0.2) is 0 Å². The minimum absolute atomic E-state index is 0.0418. The monoisotopic (exact) mass is 228 g/mol. The molecule has 0 spiro atoms. The van der Waals surface area contributed by atoms with Crippen LogP contribution < -0.4 is 5.32 Å². The summed E-state index contributed by atoms with van der Waals surface area (Å²) in [5.74, 6) is -0.679. The third kappa shape index (κ3) is 3.20. The van der Waals surface area contributed by atoms with Gasteiger partial charge in [0.25, 0.3) is 0 Å². The van der Waals surface area contributed by atoms with Gasteiger partial charge in [0.05, 0.1) is 5.41 Å². The second-order valence-corrected chi connectivity index (χ2v) is 4.67. The van der Waals surface area contributed by atoms with E-state index in [1.807, 2.05) is 0 Å². The zero-order valence-corrected chi connectivity index (χ0v) is 9.95. The van der Waals surface area contributed by atoms with Crippen LogP contribution in [0.25, 0.3) is 0 Å². The molecule has 0 aromatic rings. The highest BCUT2D eigenvalue weighted by Gasteiger charge is 2.39. The molecule has 1 rings (SSSR count). The third-order valence-corrected chi connectivity index (χ3v) is 3.23. The molecule has 1 unspecified atom stereocenters. The second kappa shape index (κ2) is 5.30. The van der Waals surface area contributed by atoms with Crippen LogP contribution in [0.5, 0.6) is 0 Å². The largest absolute Gasteiger partial charge is 0.481 e. The Balaban J connectivity index is 2.27. The van der Waals surface area contributed by atoms with Gasteiger partial charge in [-0.25, -0.2) is 0 Å². The normalized spacial score (nSPS) is 25.6. The van der Waals surface area contributed by atoms with Gasteiger partial charge < -0.3 is 15.3 Å². The molecule has 0 saturated carbocycles. The van der Waals surface area contributed by atoms with Gasteiger partial charge in [-0.05, 0) is 32.9 Å². The Morgan fingerprint density at radius 2 is 2.19 bits per heavy atom. The Hall–Kier alpha value is -1.10. The summed E-state index contributed by atoms with van der Waals surface area (Å²) >= 11 is 0. The fourth-order valence-electron chi connectivity index (χ4n) is 2.01. The highest BCUT2D eigenvalue weighted by atomic mass is 16.4. The molecule has 92 valence electrons. The molecule has 5 nitrogen and oxygen atoms in total. The molecule has 5 heteroatoms. The van der Waals surface area contributed by atoms with Gasteiger partial charge >= 0.3 is 5.97 Å². The number of hydrogen-bond donors (Lipinski definition) is 2. The predicted molar refractivity (Wildman–Crippen MR) is 60.1 cm³/mol. The topological polar surface area (TPSA) is 69.6 Å². The summed E-state index contributed by atoms with van der Waals surface area (Å²) in [5, 5.41) is 11.6. The van der Waals surface area contributed by atoms with Crippen LogP contribution in [-0.4, -0.2) is 48.6 Å². The standard InChI is InChI=1S/C11H20N2O3/c1-11(10(15)16)5-7-13(8-11)6-3-4-9(14)12-2/h3-8H2,1-2H3,(H,12,14)(H,15,16). The SMILES string of the molecule is CNC(=O)CCCN1CCC(C)(C(=O)O)C1. The predicted octanol–water partition coefficient (Wildman–Crippen LogP) is 0.309. The Morgan fingerprint density at radius 3 is 2.69 bits per heavy atom. The molecule has 1 saturated heterocycles. The zero-order chi connectivity index (χ0) is 12.2. The number of carboxylic acids is 1. The number of likely N-dealkylation sites (tertiary alicyclic amines) is 1. The second-order valence-electron chi connectivity index (χ2n) is 4.67. The van der Waals surface area contributed by atoms with Crippen molar-refractivity contribution in [1.29, 1.82) is 0 Å². The molecule has 0 aliphatic carbocycles. The van der Waals surface area contributed by atoms with E-state index in [9.17, 15) is 9.59 Å². The van der Waals surface area contributed by atoms with E-state index in [2.05, 4.69) is 10.2 Å². The third-order valence-electron chi connectivity index (χ3n) is 3.23. The van der Waals surface area contributed by atoms with Crippen molar-refractivity contribution >= 4 is 11.9 Å². The van der Waals surface area contributed by atoms with E-state index < -0.39 is 11.4 Å². The number of nitrogens with zero attached hydrogens (tertiary/aromatic N) is 1. The first-order chi connectivity index (χ1) is 7.48.